The molecule has 4 heteroatoms. The first-order chi connectivity index (χ1) is 13.1. The van der Waals surface area contributed by atoms with Gasteiger partial charge in [0.25, 0.3) is 0 Å². The third-order valence-corrected chi connectivity index (χ3v) is 7.56. The summed E-state index contributed by atoms with van der Waals surface area (Å²) in [5.41, 5.74) is 1.99. The molecule has 1 saturated heterocycles. The van der Waals surface area contributed by atoms with Crippen molar-refractivity contribution in [3.8, 4) is 11.8 Å². The molecule has 140 valence electrons. The van der Waals surface area contributed by atoms with E-state index in [-0.39, 0.29) is 12.1 Å². The van der Waals surface area contributed by atoms with Crippen molar-refractivity contribution in [3.05, 3.63) is 65.7 Å². The van der Waals surface area contributed by atoms with Crippen molar-refractivity contribution in [3.63, 3.8) is 0 Å². The van der Waals surface area contributed by atoms with E-state index in [1.165, 1.54) is 19.3 Å². The topological polar surface area (TPSA) is 37.1 Å². The molecule has 0 aromatic heterocycles. The van der Waals surface area contributed by atoms with E-state index in [1.807, 2.05) is 49.4 Å². The van der Waals surface area contributed by atoms with E-state index in [1.54, 1.807) is 16.4 Å². The third-order valence-electron chi connectivity index (χ3n) is 5.67. The number of hydrogen-bond donors (Lipinski definition) is 0. The van der Waals surface area contributed by atoms with Gasteiger partial charge in [-0.1, -0.05) is 67.0 Å². The Morgan fingerprint density at radius 1 is 0.926 bits per heavy atom. The summed E-state index contributed by atoms with van der Waals surface area (Å²) in [5, 5.41) is 0. The molecule has 2 aliphatic rings. The van der Waals surface area contributed by atoms with Gasteiger partial charge in [-0.3, -0.25) is 0 Å². The third kappa shape index (κ3) is 3.81. The van der Waals surface area contributed by atoms with E-state index in [2.05, 4.69) is 11.8 Å². The van der Waals surface area contributed by atoms with Gasteiger partial charge in [0.2, 0.25) is 10.0 Å². The van der Waals surface area contributed by atoms with Crippen molar-refractivity contribution in [1.82, 2.24) is 4.31 Å². The second kappa shape index (κ2) is 7.50. The Labute approximate surface area is 162 Å². The van der Waals surface area contributed by atoms with Crippen LogP contribution >= 0.6 is 0 Å². The van der Waals surface area contributed by atoms with Crippen LogP contribution in [0.1, 0.15) is 43.2 Å². The van der Waals surface area contributed by atoms with E-state index in [0.29, 0.717) is 10.8 Å². The normalized spacial score (nSPS) is 25.4. The van der Waals surface area contributed by atoms with Crippen molar-refractivity contribution in [2.45, 2.75) is 56.0 Å². The summed E-state index contributed by atoms with van der Waals surface area (Å²) < 4.78 is 28.1. The van der Waals surface area contributed by atoms with Crippen LogP contribution in [0.4, 0.5) is 0 Å². The van der Waals surface area contributed by atoms with Crippen LogP contribution in [0, 0.1) is 24.7 Å². The zero-order chi connectivity index (χ0) is 18.9. The molecule has 1 saturated carbocycles. The van der Waals surface area contributed by atoms with E-state index in [9.17, 15) is 8.42 Å². The molecule has 0 bridgehead atoms. The van der Waals surface area contributed by atoms with E-state index >= 15 is 0 Å². The predicted octanol–water partition coefficient (Wildman–Crippen LogP) is 4.37. The second-order valence-corrected chi connectivity index (χ2v) is 9.46. The van der Waals surface area contributed by atoms with Crippen LogP contribution in [0.2, 0.25) is 0 Å². The lowest BCUT2D eigenvalue weighted by Gasteiger charge is -2.21. The Morgan fingerprint density at radius 2 is 1.59 bits per heavy atom. The quantitative estimate of drug-likeness (QED) is 0.587. The van der Waals surface area contributed by atoms with Crippen LogP contribution in [0.5, 0.6) is 0 Å². The van der Waals surface area contributed by atoms with E-state index in [4.69, 9.17) is 0 Å². The highest BCUT2D eigenvalue weighted by Crippen LogP contribution is 2.45. The van der Waals surface area contributed by atoms with Crippen LogP contribution in [-0.2, 0) is 10.0 Å². The standard InChI is InChI=1S/C23H25NO2S/c1-18-12-15-21(16-13-18)27(25,26)24-22(17-14-19-8-4-2-5-9-19)23(24)20-10-6-3-7-11-20/h2,4-5,8-9,12-13,15-16,20,22-23H,3,6-7,10-11H2,1H3/t22-,23+,24?/m0/s1. The summed E-state index contributed by atoms with van der Waals surface area (Å²) in [6.07, 6.45) is 5.85. The molecule has 1 aliphatic heterocycles. The zero-order valence-electron chi connectivity index (χ0n) is 15.6. The molecule has 1 unspecified atom stereocenters. The Balaban J connectivity index is 1.63. The van der Waals surface area contributed by atoms with E-state index in [0.717, 1.165) is 24.0 Å². The van der Waals surface area contributed by atoms with Crippen molar-refractivity contribution in [2.24, 2.45) is 5.92 Å². The molecular formula is C23H25NO2S. The fourth-order valence-electron chi connectivity index (χ4n) is 4.14. The van der Waals surface area contributed by atoms with Gasteiger partial charge in [0.05, 0.1) is 10.9 Å². The maximum atomic E-state index is 13.2. The fraction of sp³-hybridized carbons (Fsp3) is 0.391. The molecule has 0 N–H and O–H groups in total. The highest BCUT2D eigenvalue weighted by molar-refractivity contribution is 7.89. The Kier molecular flexibility index (Phi) is 5.08. The average Bonchev–Trinajstić information content (AvgIpc) is 3.44. The van der Waals surface area contributed by atoms with Gasteiger partial charge in [-0.2, -0.15) is 4.31 Å². The number of aryl methyl sites for hydroxylation is 1. The maximum Gasteiger partial charge on any atom is 0.244 e. The van der Waals surface area contributed by atoms with Gasteiger partial charge in [-0.05, 0) is 49.9 Å². The Hall–Kier alpha value is -2.09. The van der Waals surface area contributed by atoms with Crippen LogP contribution < -0.4 is 0 Å². The van der Waals surface area contributed by atoms with Crippen molar-refractivity contribution < 1.29 is 8.42 Å². The first-order valence-electron chi connectivity index (χ1n) is 9.74. The van der Waals surface area contributed by atoms with Crippen LogP contribution in [0.25, 0.3) is 0 Å². The van der Waals surface area contributed by atoms with Crippen molar-refractivity contribution in [1.29, 1.82) is 0 Å². The number of benzene rings is 2. The fourth-order valence-corrected chi connectivity index (χ4v) is 5.89. The molecule has 3 atom stereocenters. The summed E-state index contributed by atoms with van der Waals surface area (Å²) in [6.45, 7) is 1.97. The lowest BCUT2D eigenvalue weighted by Crippen LogP contribution is -2.21. The lowest BCUT2D eigenvalue weighted by atomic mass is 9.86. The molecule has 2 aromatic carbocycles. The molecule has 2 aromatic rings. The number of nitrogens with zero attached hydrogens (tertiary/aromatic N) is 1. The van der Waals surface area contributed by atoms with Gasteiger partial charge in [0, 0.05) is 5.56 Å². The molecule has 0 amide bonds. The van der Waals surface area contributed by atoms with Gasteiger partial charge in [0.1, 0.15) is 6.04 Å². The summed E-state index contributed by atoms with van der Waals surface area (Å²) >= 11 is 0. The minimum absolute atomic E-state index is 0.0211. The molecule has 27 heavy (non-hydrogen) atoms. The number of rotatable bonds is 3. The molecule has 3 nitrogen and oxygen atoms in total. The molecule has 0 radical (unpaired) electrons. The molecule has 1 heterocycles. The van der Waals surface area contributed by atoms with E-state index < -0.39 is 10.0 Å². The zero-order valence-corrected chi connectivity index (χ0v) is 16.5. The van der Waals surface area contributed by atoms with Gasteiger partial charge in [0.15, 0.2) is 0 Å². The van der Waals surface area contributed by atoms with Gasteiger partial charge < -0.3 is 0 Å². The first-order valence-corrected chi connectivity index (χ1v) is 11.2. The molecule has 4 rings (SSSR count). The van der Waals surface area contributed by atoms with Crippen LogP contribution in [0.15, 0.2) is 59.5 Å². The van der Waals surface area contributed by atoms with Gasteiger partial charge in [-0.25, -0.2) is 8.42 Å². The van der Waals surface area contributed by atoms with Crippen LogP contribution in [-0.4, -0.2) is 24.8 Å². The monoisotopic (exact) mass is 379 g/mol. The van der Waals surface area contributed by atoms with Crippen LogP contribution in [0.3, 0.4) is 0 Å². The first kappa shape index (κ1) is 18.3. The summed E-state index contributed by atoms with van der Waals surface area (Å²) in [7, 11) is -3.50. The Bertz CT molecular complexity index is 949. The SMILES string of the molecule is Cc1ccc(S(=O)(=O)N2[C@H](C3CCCCC3)[C@@H]2C#Cc2ccccc2)cc1. The van der Waals surface area contributed by atoms with Crippen molar-refractivity contribution >= 4 is 10.0 Å². The summed E-state index contributed by atoms with van der Waals surface area (Å²) in [6, 6.07) is 16.7. The predicted molar refractivity (Wildman–Crippen MR) is 108 cm³/mol. The molecule has 0 spiro atoms. The average molecular weight is 380 g/mol. The maximum absolute atomic E-state index is 13.2. The van der Waals surface area contributed by atoms with Crippen molar-refractivity contribution in [2.75, 3.05) is 0 Å². The smallest absolute Gasteiger partial charge is 0.207 e. The largest absolute Gasteiger partial charge is 0.244 e. The minimum atomic E-state index is -3.50. The number of sulfonamides is 1. The summed E-state index contributed by atoms with van der Waals surface area (Å²) in [4.78, 5) is 0.373. The second-order valence-electron chi connectivity index (χ2n) is 7.62. The molecule has 2 fully saturated rings. The molecule has 1 aliphatic carbocycles. The summed E-state index contributed by atoms with van der Waals surface area (Å²) in [5.74, 6) is 6.86. The molecular weight excluding hydrogens is 354 g/mol. The van der Waals surface area contributed by atoms with Gasteiger partial charge in [-0.15, -0.1) is 0 Å². The highest BCUT2D eigenvalue weighted by Gasteiger charge is 2.58. The minimum Gasteiger partial charge on any atom is -0.207 e. The highest BCUT2D eigenvalue weighted by atomic mass is 32.2. The lowest BCUT2D eigenvalue weighted by molar-refractivity contribution is 0.335. The Morgan fingerprint density at radius 3 is 2.26 bits per heavy atom. The number of hydrogen-bond acceptors (Lipinski definition) is 2. The van der Waals surface area contributed by atoms with Gasteiger partial charge >= 0.3 is 0 Å².